The highest BCUT2D eigenvalue weighted by molar-refractivity contribution is 14.0. The molecule has 3 rings (SSSR count). The number of aliphatic hydroxyl groups excluding tert-OH is 1. The average Bonchev–Trinajstić information content (AvgIpc) is 3.34. The number of hydrogen-bond donors (Lipinski definition) is 3. The second-order valence-electron chi connectivity index (χ2n) is 8.01. The van der Waals surface area contributed by atoms with Crippen molar-refractivity contribution in [2.24, 2.45) is 4.99 Å². The Bertz CT molecular complexity index is 870. The van der Waals surface area contributed by atoms with Gasteiger partial charge in [-0.25, -0.2) is 4.99 Å². The number of halogens is 1. The van der Waals surface area contributed by atoms with Crippen molar-refractivity contribution in [3.05, 3.63) is 59.2 Å². The zero-order valence-corrected chi connectivity index (χ0v) is 22.2. The molecule has 1 atom stereocenters. The molecule has 0 aromatic heterocycles. The highest BCUT2D eigenvalue weighted by Gasteiger charge is 2.13. The largest absolute Gasteiger partial charge is 0.493 e. The van der Waals surface area contributed by atoms with E-state index in [0.717, 1.165) is 24.2 Å². The molecule has 1 aliphatic rings. The van der Waals surface area contributed by atoms with E-state index in [0.29, 0.717) is 30.5 Å². The summed E-state index contributed by atoms with van der Waals surface area (Å²) in [5, 5.41) is 17.1. The SMILES string of the molecule is CCNC(=NCc1ccc(CN2CCCC2)cc1)NCC(O)c1ccc(OC)c(OC)c1.I. The van der Waals surface area contributed by atoms with Gasteiger partial charge in [-0.1, -0.05) is 30.3 Å². The number of benzene rings is 2. The van der Waals surface area contributed by atoms with Crippen LogP contribution in [0.3, 0.4) is 0 Å². The summed E-state index contributed by atoms with van der Waals surface area (Å²) in [6.07, 6.45) is 1.92. The van der Waals surface area contributed by atoms with Crippen LogP contribution in [0.5, 0.6) is 11.5 Å². The zero-order chi connectivity index (χ0) is 22.8. The summed E-state index contributed by atoms with van der Waals surface area (Å²) in [6.45, 7) is 7.11. The first kappa shape index (κ1) is 27.2. The van der Waals surface area contributed by atoms with Crippen LogP contribution >= 0.6 is 24.0 Å². The normalized spacial score (nSPS) is 15.0. The maximum Gasteiger partial charge on any atom is 0.191 e. The number of ether oxygens (including phenoxy) is 2. The summed E-state index contributed by atoms with van der Waals surface area (Å²) < 4.78 is 10.6. The molecule has 0 aliphatic carbocycles. The van der Waals surface area contributed by atoms with Crippen molar-refractivity contribution in [3.8, 4) is 11.5 Å². The van der Waals surface area contributed by atoms with Crippen LogP contribution in [0.2, 0.25) is 0 Å². The molecule has 1 aliphatic heterocycles. The molecule has 0 radical (unpaired) electrons. The monoisotopic (exact) mass is 568 g/mol. The lowest BCUT2D eigenvalue weighted by Gasteiger charge is -2.17. The fourth-order valence-electron chi connectivity index (χ4n) is 3.83. The Balaban J connectivity index is 0.00000385. The van der Waals surface area contributed by atoms with Crippen molar-refractivity contribution in [1.82, 2.24) is 15.5 Å². The molecular weight excluding hydrogens is 531 g/mol. The van der Waals surface area contributed by atoms with E-state index in [1.54, 1.807) is 26.4 Å². The summed E-state index contributed by atoms with van der Waals surface area (Å²) in [5.41, 5.74) is 3.26. The first-order chi connectivity index (χ1) is 15.6. The van der Waals surface area contributed by atoms with Gasteiger partial charge in [-0.2, -0.15) is 0 Å². The van der Waals surface area contributed by atoms with E-state index < -0.39 is 6.10 Å². The van der Waals surface area contributed by atoms with Crippen LogP contribution < -0.4 is 20.1 Å². The lowest BCUT2D eigenvalue weighted by atomic mass is 10.1. The van der Waals surface area contributed by atoms with E-state index in [2.05, 4.69) is 44.8 Å². The Labute approximate surface area is 214 Å². The molecule has 7 nitrogen and oxygen atoms in total. The number of aliphatic hydroxyl groups is 1. The molecule has 1 heterocycles. The molecule has 0 amide bonds. The molecule has 3 N–H and O–H groups in total. The fraction of sp³-hybridized carbons (Fsp3) is 0.480. The van der Waals surface area contributed by atoms with Crippen molar-refractivity contribution < 1.29 is 14.6 Å². The van der Waals surface area contributed by atoms with Gasteiger partial charge in [-0.3, -0.25) is 4.90 Å². The van der Waals surface area contributed by atoms with Crippen molar-refractivity contribution in [3.63, 3.8) is 0 Å². The molecule has 8 heteroatoms. The molecule has 2 aromatic rings. The van der Waals surface area contributed by atoms with E-state index in [1.807, 2.05) is 13.0 Å². The van der Waals surface area contributed by atoms with Crippen LogP contribution in [0.15, 0.2) is 47.5 Å². The molecule has 0 saturated carbocycles. The Morgan fingerprint density at radius 1 is 1.00 bits per heavy atom. The Hall–Kier alpha value is -2.04. The van der Waals surface area contributed by atoms with E-state index in [-0.39, 0.29) is 24.0 Å². The van der Waals surface area contributed by atoms with Gasteiger partial charge in [0, 0.05) is 19.6 Å². The van der Waals surface area contributed by atoms with Crippen LogP contribution in [-0.2, 0) is 13.1 Å². The quantitative estimate of drug-likeness (QED) is 0.231. The number of rotatable bonds is 10. The standard InChI is InChI=1S/C25H36N4O3.HI/c1-4-26-25(28-17-22(30)21-11-12-23(31-2)24(15-21)32-3)27-16-19-7-9-20(10-8-19)18-29-13-5-6-14-29;/h7-12,15,22,30H,4-6,13-14,16-18H2,1-3H3,(H2,26,27,28);1H. The van der Waals surface area contributed by atoms with Crippen molar-refractivity contribution in [1.29, 1.82) is 0 Å². The molecule has 1 unspecified atom stereocenters. The Kier molecular flexibility index (Phi) is 11.8. The number of guanidine groups is 1. The van der Waals surface area contributed by atoms with Crippen LogP contribution in [0.25, 0.3) is 0 Å². The first-order valence-corrected chi connectivity index (χ1v) is 11.3. The van der Waals surface area contributed by atoms with Crippen LogP contribution in [-0.4, -0.2) is 56.4 Å². The zero-order valence-electron chi connectivity index (χ0n) is 19.8. The third-order valence-corrected chi connectivity index (χ3v) is 5.65. The van der Waals surface area contributed by atoms with Gasteiger partial charge >= 0.3 is 0 Å². The predicted octanol–water partition coefficient (Wildman–Crippen LogP) is 3.71. The van der Waals surface area contributed by atoms with E-state index >= 15 is 0 Å². The summed E-state index contributed by atoms with van der Waals surface area (Å²) in [5.74, 6) is 1.91. The lowest BCUT2D eigenvalue weighted by Crippen LogP contribution is -2.39. The average molecular weight is 569 g/mol. The minimum atomic E-state index is -0.705. The highest BCUT2D eigenvalue weighted by Crippen LogP contribution is 2.29. The summed E-state index contributed by atoms with van der Waals surface area (Å²) in [6, 6.07) is 14.1. The molecule has 0 bridgehead atoms. The van der Waals surface area contributed by atoms with Gasteiger partial charge in [-0.15, -0.1) is 24.0 Å². The lowest BCUT2D eigenvalue weighted by molar-refractivity contribution is 0.180. The number of nitrogens with zero attached hydrogens (tertiary/aromatic N) is 2. The number of nitrogens with one attached hydrogen (secondary N) is 2. The van der Waals surface area contributed by atoms with Gasteiger partial charge in [0.25, 0.3) is 0 Å². The molecule has 0 spiro atoms. The third-order valence-electron chi connectivity index (χ3n) is 5.65. The third kappa shape index (κ3) is 8.35. The number of hydrogen-bond acceptors (Lipinski definition) is 5. The first-order valence-electron chi connectivity index (χ1n) is 11.3. The van der Waals surface area contributed by atoms with Crippen molar-refractivity contribution in [2.75, 3.05) is 40.4 Å². The van der Waals surface area contributed by atoms with Gasteiger partial charge in [-0.05, 0) is 61.7 Å². The topological polar surface area (TPSA) is 78.4 Å². The molecule has 182 valence electrons. The van der Waals surface area contributed by atoms with E-state index in [4.69, 9.17) is 9.47 Å². The smallest absolute Gasteiger partial charge is 0.191 e. The maximum atomic E-state index is 10.6. The molecule has 33 heavy (non-hydrogen) atoms. The summed E-state index contributed by atoms with van der Waals surface area (Å²) in [4.78, 5) is 7.18. The van der Waals surface area contributed by atoms with Crippen LogP contribution in [0, 0.1) is 0 Å². The van der Waals surface area contributed by atoms with Gasteiger partial charge in [0.05, 0.1) is 26.9 Å². The van der Waals surface area contributed by atoms with Crippen molar-refractivity contribution >= 4 is 29.9 Å². The van der Waals surface area contributed by atoms with E-state index in [1.165, 1.54) is 31.5 Å². The minimum Gasteiger partial charge on any atom is -0.493 e. The van der Waals surface area contributed by atoms with Crippen LogP contribution in [0.1, 0.15) is 42.6 Å². The van der Waals surface area contributed by atoms with Gasteiger partial charge in [0.15, 0.2) is 17.5 Å². The number of aliphatic imine (C=N–C) groups is 1. The van der Waals surface area contributed by atoms with E-state index in [9.17, 15) is 5.11 Å². The van der Waals surface area contributed by atoms with Gasteiger partial charge < -0.3 is 25.2 Å². The van der Waals surface area contributed by atoms with Crippen LogP contribution in [0.4, 0.5) is 0 Å². The Morgan fingerprint density at radius 2 is 1.67 bits per heavy atom. The maximum absolute atomic E-state index is 10.6. The van der Waals surface area contributed by atoms with Crippen molar-refractivity contribution in [2.45, 2.75) is 39.0 Å². The fourth-order valence-corrected chi connectivity index (χ4v) is 3.83. The number of likely N-dealkylation sites (tertiary alicyclic amines) is 1. The highest BCUT2D eigenvalue weighted by atomic mass is 127. The second-order valence-corrected chi connectivity index (χ2v) is 8.01. The minimum absolute atomic E-state index is 0. The molecule has 2 aromatic carbocycles. The molecule has 1 fully saturated rings. The summed E-state index contributed by atoms with van der Waals surface area (Å²) >= 11 is 0. The molecular formula is C25H37IN4O3. The molecule has 1 saturated heterocycles. The predicted molar refractivity (Wildman–Crippen MR) is 144 cm³/mol. The number of methoxy groups -OCH3 is 2. The Morgan fingerprint density at radius 3 is 2.30 bits per heavy atom. The summed E-state index contributed by atoms with van der Waals surface area (Å²) in [7, 11) is 3.18. The van der Waals surface area contributed by atoms with Gasteiger partial charge in [0.1, 0.15) is 0 Å². The second kappa shape index (κ2) is 14.3. The van der Waals surface area contributed by atoms with Gasteiger partial charge in [0.2, 0.25) is 0 Å².